The van der Waals surface area contributed by atoms with Crippen molar-refractivity contribution in [3.05, 3.63) is 188 Å². The summed E-state index contributed by atoms with van der Waals surface area (Å²) in [5, 5.41) is 6.85. The third-order valence-corrected chi connectivity index (χ3v) is 11.1. The van der Waals surface area contributed by atoms with Crippen molar-refractivity contribution in [2.45, 2.75) is 0 Å². The van der Waals surface area contributed by atoms with E-state index in [1.165, 1.54) is 16.2 Å². The molecule has 0 aliphatic carbocycles. The molecular weight excluding hydrogens is 699 g/mol. The van der Waals surface area contributed by atoms with Crippen molar-refractivity contribution in [1.29, 1.82) is 0 Å². The van der Waals surface area contributed by atoms with Crippen LogP contribution in [0.3, 0.4) is 0 Å². The Morgan fingerprint density at radius 3 is 1.56 bits per heavy atom. The van der Waals surface area contributed by atoms with Crippen molar-refractivity contribution < 1.29 is 4.42 Å². The lowest BCUT2D eigenvalue weighted by Gasteiger charge is -2.12. The molecule has 4 heterocycles. The summed E-state index contributed by atoms with van der Waals surface area (Å²) in [6.07, 6.45) is 0. The van der Waals surface area contributed by atoms with Gasteiger partial charge in [0.1, 0.15) is 11.2 Å². The smallest absolute Gasteiger partial charge is 0.164 e. The Morgan fingerprint density at radius 1 is 0.333 bits per heavy atom. The summed E-state index contributed by atoms with van der Waals surface area (Å²) in [7, 11) is 0. The zero-order chi connectivity index (χ0) is 37.5. The molecule has 6 nitrogen and oxygen atoms in total. The number of para-hydroxylation sites is 3. The molecule has 0 radical (unpaired) electrons. The summed E-state index contributed by atoms with van der Waals surface area (Å²) in [5.41, 5.74) is 11.1. The minimum atomic E-state index is 0.617. The normalized spacial score (nSPS) is 11.9. The van der Waals surface area contributed by atoms with E-state index in [0.717, 1.165) is 77.5 Å². The van der Waals surface area contributed by atoms with Crippen molar-refractivity contribution in [3.63, 3.8) is 0 Å². The molecular formula is C51H31N5O. The molecule has 57 heavy (non-hydrogen) atoms. The van der Waals surface area contributed by atoms with Crippen molar-refractivity contribution in [2.24, 2.45) is 0 Å². The van der Waals surface area contributed by atoms with Crippen LogP contribution in [0.25, 0.3) is 111 Å². The fourth-order valence-corrected chi connectivity index (χ4v) is 8.68. The Kier molecular flexibility index (Phi) is 6.83. The van der Waals surface area contributed by atoms with Crippen LogP contribution >= 0.6 is 0 Å². The van der Waals surface area contributed by atoms with Gasteiger partial charge in [-0.15, -0.1) is 0 Å². The van der Waals surface area contributed by atoms with Gasteiger partial charge >= 0.3 is 0 Å². The molecule has 0 saturated heterocycles. The van der Waals surface area contributed by atoms with E-state index in [4.69, 9.17) is 19.4 Å². The first kappa shape index (κ1) is 31.5. The number of hydrogen-bond donors (Lipinski definition) is 0. The largest absolute Gasteiger partial charge is 0.455 e. The first-order valence-electron chi connectivity index (χ1n) is 19.1. The summed E-state index contributed by atoms with van der Waals surface area (Å²) in [6.45, 7) is 0. The zero-order valence-corrected chi connectivity index (χ0v) is 30.5. The molecule has 0 amide bonds. The van der Waals surface area contributed by atoms with E-state index in [1.807, 2.05) is 66.7 Å². The molecule has 0 atom stereocenters. The van der Waals surface area contributed by atoms with E-state index in [-0.39, 0.29) is 0 Å². The van der Waals surface area contributed by atoms with Gasteiger partial charge in [0.2, 0.25) is 0 Å². The van der Waals surface area contributed by atoms with Gasteiger partial charge in [0.25, 0.3) is 0 Å². The second-order valence-corrected chi connectivity index (χ2v) is 14.4. The molecule has 0 N–H and O–H groups in total. The third kappa shape index (κ3) is 4.81. The van der Waals surface area contributed by atoms with Crippen LogP contribution in [0.4, 0.5) is 0 Å². The molecule has 12 rings (SSSR count). The summed E-state index contributed by atoms with van der Waals surface area (Å²) < 4.78 is 11.5. The number of nitrogens with zero attached hydrogens (tertiary/aromatic N) is 5. The molecule has 8 aromatic carbocycles. The van der Waals surface area contributed by atoms with Crippen LogP contribution in [-0.4, -0.2) is 24.1 Å². The zero-order valence-electron chi connectivity index (χ0n) is 30.5. The number of hydrogen-bond acceptors (Lipinski definition) is 4. The second-order valence-electron chi connectivity index (χ2n) is 14.4. The Labute approximate surface area is 326 Å². The molecule has 0 fully saturated rings. The van der Waals surface area contributed by atoms with Crippen molar-refractivity contribution in [3.8, 4) is 45.5 Å². The number of furan rings is 1. The lowest BCUT2D eigenvalue weighted by Crippen LogP contribution is -2.01. The molecule has 6 heteroatoms. The van der Waals surface area contributed by atoms with E-state index < -0.39 is 0 Å². The average Bonchev–Trinajstić information content (AvgIpc) is 3.95. The Balaban J connectivity index is 1.15. The molecule has 12 aromatic rings. The minimum Gasteiger partial charge on any atom is -0.455 e. The van der Waals surface area contributed by atoms with Gasteiger partial charge in [-0.25, -0.2) is 15.0 Å². The second kappa shape index (κ2) is 12.3. The highest BCUT2D eigenvalue weighted by molar-refractivity contribution is 6.34. The first-order valence-corrected chi connectivity index (χ1v) is 19.1. The minimum absolute atomic E-state index is 0.617. The monoisotopic (exact) mass is 729 g/mol. The van der Waals surface area contributed by atoms with Gasteiger partial charge < -0.3 is 13.6 Å². The van der Waals surface area contributed by atoms with Gasteiger partial charge in [0.15, 0.2) is 17.5 Å². The van der Waals surface area contributed by atoms with Crippen LogP contribution in [0.15, 0.2) is 192 Å². The van der Waals surface area contributed by atoms with Gasteiger partial charge in [-0.3, -0.25) is 0 Å². The molecule has 0 bridgehead atoms. The van der Waals surface area contributed by atoms with Gasteiger partial charge in [0, 0.05) is 55.0 Å². The molecule has 4 aromatic heterocycles. The maximum atomic E-state index is 6.78. The number of aromatic nitrogens is 5. The molecule has 0 aliphatic heterocycles. The first-order chi connectivity index (χ1) is 28.3. The standard InChI is InChI=1S/C51H31N5O/c1-4-15-32(16-5-1)49-52-50(33-17-6-2-7-18-33)54-51(53-49)34-19-14-22-36(31-34)56-40-25-12-10-24-39(40)45-41(56)29-30-42-46(45)47-43(55(42)35-20-8-3-9-21-35)28-27-38-37-23-11-13-26-44(37)57-48(38)47/h1-31H. The summed E-state index contributed by atoms with van der Waals surface area (Å²) >= 11 is 0. The Bertz CT molecular complexity index is 3450. The van der Waals surface area contributed by atoms with Crippen LogP contribution in [0.2, 0.25) is 0 Å². The lowest BCUT2D eigenvalue weighted by molar-refractivity contribution is 0.673. The summed E-state index contributed by atoms with van der Waals surface area (Å²) in [5.74, 6) is 1.89. The SMILES string of the molecule is c1ccc(-c2nc(-c3ccccc3)nc(-c3cccc(-n4c5ccccc5c5c6c7c8oc9ccccc9c8ccc7n(-c7ccccc7)c6ccc54)c3)n2)cc1. The fourth-order valence-electron chi connectivity index (χ4n) is 8.68. The quantitative estimate of drug-likeness (QED) is 0.177. The molecule has 0 aliphatic rings. The molecule has 0 saturated carbocycles. The predicted molar refractivity (Wildman–Crippen MR) is 232 cm³/mol. The highest BCUT2D eigenvalue weighted by Crippen LogP contribution is 2.46. The van der Waals surface area contributed by atoms with Crippen LogP contribution in [-0.2, 0) is 0 Å². The van der Waals surface area contributed by atoms with Gasteiger partial charge in [-0.05, 0) is 60.7 Å². The summed E-state index contributed by atoms with van der Waals surface area (Å²) in [6, 6.07) is 65.4. The van der Waals surface area contributed by atoms with Crippen LogP contribution in [0.1, 0.15) is 0 Å². The third-order valence-electron chi connectivity index (χ3n) is 11.1. The van der Waals surface area contributed by atoms with Crippen LogP contribution in [0, 0.1) is 0 Å². The lowest BCUT2D eigenvalue weighted by atomic mass is 10.0. The Hall–Kier alpha value is -7.83. The molecule has 0 unspecified atom stereocenters. The fraction of sp³-hybridized carbons (Fsp3) is 0. The molecule has 0 spiro atoms. The summed E-state index contributed by atoms with van der Waals surface area (Å²) in [4.78, 5) is 15.0. The van der Waals surface area contributed by atoms with E-state index >= 15 is 0 Å². The number of benzene rings is 8. The van der Waals surface area contributed by atoms with E-state index in [2.05, 4.69) is 130 Å². The van der Waals surface area contributed by atoms with E-state index in [9.17, 15) is 0 Å². The van der Waals surface area contributed by atoms with Crippen LogP contribution < -0.4 is 0 Å². The maximum Gasteiger partial charge on any atom is 0.164 e. The highest BCUT2D eigenvalue weighted by atomic mass is 16.3. The Morgan fingerprint density at radius 2 is 0.842 bits per heavy atom. The predicted octanol–water partition coefficient (Wildman–Crippen LogP) is 13.0. The van der Waals surface area contributed by atoms with Crippen molar-refractivity contribution in [1.82, 2.24) is 24.1 Å². The van der Waals surface area contributed by atoms with Crippen LogP contribution in [0.5, 0.6) is 0 Å². The maximum absolute atomic E-state index is 6.78. The number of rotatable bonds is 5. The van der Waals surface area contributed by atoms with Gasteiger partial charge in [0.05, 0.1) is 27.5 Å². The van der Waals surface area contributed by atoms with E-state index in [1.54, 1.807) is 0 Å². The topological polar surface area (TPSA) is 61.7 Å². The highest BCUT2D eigenvalue weighted by Gasteiger charge is 2.24. The van der Waals surface area contributed by atoms with E-state index in [0.29, 0.717) is 17.5 Å². The average molecular weight is 730 g/mol. The number of fused-ring (bicyclic) bond motifs is 11. The van der Waals surface area contributed by atoms with Gasteiger partial charge in [-0.2, -0.15) is 0 Å². The van der Waals surface area contributed by atoms with Crippen molar-refractivity contribution in [2.75, 3.05) is 0 Å². The van der Waals surface area contributed by atoms with Gasteiger partial charge in [-0.1, -0.05) is 127 Å². The van der Waals surface area contributed by atoms with Crippen molar-refractivity contribution >= 4 is 65.6 Å². The molecule has 266 valence electrons.